The molecule has 0 fully saturated rings. The fourth-order valence-electron chi connectivity index (χ4n) is 2.45. The average molecular weight is 352 g/mol. The van der Waals surface area contributed by atoms with Crippen LogP contribution in [0.2, 0.25) is 0 Å². The number of rotatable bonds is 6. The number of nitrogens with zero attached hydrogens (tertiary/aromatic N) is 2. The van der Waals surface area contributed by atoms with Gasteiger partial charge in [0.1, 0.15) is 11.4 Å². The average Bonchev–Trinajstić information content (AvgIpc) is 2.94. The number of aryl methyl sites for hydroxylation is 2. The summed E-state index contributed by atoms with van der Waals surface area (Å²) >= 11 is 0. The van der Waals surface area contributed by atoms with E-state index in [-0.39, 0.29) is 22.9 Å². The lowest BCUT2D eigenvalue weighted by Crippen LogP contribution is -2.27. The molecule has 2 rings (SSSR count). The maximum absolute atomic E-state index is 12.9. The number of carbonyl (C=O) groups is 1. The monoisotopic (exact) mass is 352 g/mol. The molecule has 8 heteroatoms. The Kier molecular flexibility index (Phi) is 5.10. The first kappa shape index (κ1) is 18.2. The molecule has 0 radical (unpaired) electrons. The Morgan fingerprint density at radius 2 is 1.83 bits per heavy atom. The van der Waals surface area contributed by atoms with Crippen LogP contribution in [0.4, 0.5) is 0 Å². The second kappa shape index (κ2) is 6.74. The van der Waals surface area contributed by atoms with Crippen LogP contribution in [-0.2, 0) is 16.6 Å². The number of hydrogen-bond acceptors (Lipinski definition) is 6. The van der Waals surface area contributed by atoms with Crippen LogP contribution >= 0.6 is 0 Å². The largest absolute Gasteiger partial charge is 0.497 e. The lowest BCUT2D eigenvalue weighted by molar-refractivity contribution is 0.100. The molecule has 0 unspecified atom stereocenters. The molecule has 0 bridgehead atoms. The van der Waals surface area contributed by atoms with Gasteiger partial charge in [0.2, 0.25) is 10.0 Å². The number of carbonyl (C=O) groups excluding carboxylic acids is 1. The van der Waals surface area contributed by atoms with Gasteiger partial charge in [-0.25, -0.2) is 8.42 Å². The summed E-state index contributed by atoms with van der Waals surface area (Å²) in [5.41, 5.74) is 1.37. The van der Waals surface area contributed by atoms with Gasteiger partial charge in [-0.1, -0.05) is 5.16 Å². The minimum absolute atomic E-state index is 0.0203. The predicted molar refractivity (Wildman–Crippen MR) is 87.6 cm³/mol. The van der Waals surface area contributed by atoms with E-state index >= 15 is 0 Å². The highest BCUT2D eigenvalue weighted by atomic mass is 32.2. The normalized spacial score (nSPS) is 11.8. The molecule has 7 nitrogen and oxygen atoms in total. The summed E-state index contributed by atoms with van der Waals surface area (Å²) < 4.78 is 37.1. The van der Waals surface area contributed by atoms with E-state index in [1.807, 2.05) is 0 Å². The number of ketones is 1. The van der Waals surface area contributed by atoms with Crippen molar-refractivity contribution >= 4 is 15.8 Å². The highest BCUT2D eigenvalue weighted by Crippen LogP contribution is 2.28. The van der Waals surface area contributed by atoms with E-state index in [1.165, 1.54) is 31.5 Å². The number of sulfonamides is 1. The fraction of sp³-hybridized carbons (Fsp3) is 0.375. The van der Waals surface area contributed by atoms with Crippen molar-refractivity contribution < 1.29 is 22.5 Å². The zero-order valence-electron chi connectivity index (χ0n) is 14.3. The highest BCUT2D eigenvalue weighted by Gasteiger charge is 2.26. The van der Waals surface area contributed by atoms with Crippen LogP contribution in [0.15, 0.2) is 27.6 Å². The van der Waals surface area contributed by atoms with Crippen molar-refractivity contribution in [2.75, 3.05) is 14.2 Å². The van der Waals surface area contributed by atoms with Gasteiger partial charge in [0, 0.05) is 20.0 Å². The van der Waals surface area contributed by atoms with Gasteiger partial charge in [-0.15, -0.1) is 0 Å². The van der Waals surface area contributed by atoms with Gasteiger partial charge in [0.25, 0.3) is 0 Å². The molecule has 130 valence electrons. The molecule has 0 N–H and O–H groups in total. The van der Waals surface area contributed by atoms with Crippen LogP contribution in [0.3, 0.4) is 0 Å². The Hall–Kier alpha value is -2.19. The maximum Gasteiger partial charge on any atom is 0.243 e. The maximum atomic E-state index is 12.9. The molecular formula is C16H20N2O5S. The summed E-state index contributed by atoms with van der Waals surface area (Å²) in [7, 11) is -0.744. The summed E-state index contributed by atoms with van der Waals surface area (Å²) in [6.45, 7) is 4.79. The van der Waals surface area contributed by atoms with E-state index in [1.54, 1.807) is 26.0 Å². The van der Waals surface area contributed by atoms with Crippen LogP contribution in [0, 0.1) is 13.8 Å². The molecule has 0 amide bonds. The SMILES string of the molecule is COc1cc(C)c(S(=O)(=O)N(C)Cc2cc(C(C)=O)no2)c(C)c1. The van der Waals surface area contributed by atoms with Crippen LogP contribution in [0.25, 0.3) is 0 Å². The van der Waals surface area contributed by atoms with Gasteiger partial charge in [-0.05, 0) is 37.1 Å². The van der Waals surface area contributed by atoms with Crippen molar-refractivity contribution in [3.63, 3.8) is 0 Å². The molecule has 0 atom stereocenters. The fourth-order valence-corrected chi connectivity index (χ4v) is 3.99. The molecule has 0 aliphatic rings. The van der Waals surface area contributed by atoms with Crippen molar-refractivity contribution in [1.82, 2.24) is 9.46 Å². The first-order chi connectivity index (χ1) is 11.2. The van der Waals surface area contributed by atoms with Crippen LogP contribution in [0.5, 0.6) is 5.75 Å². The molecule has 0 aliphatic heterocycles. The van der Waals surface area contributed by atoms with Crippen LogP contribution < -0.4 is 4.74 Å². The topological polar surface area (TPSA) is 89.7 Å². The number of hydrogen-bond donors (Lipinski definition) is 0. The zero-order valence-corrected chi connectivity index (χ0v) is 15.1. The van der Waals surface area contributed by atoms with Crippen molar-refractivity contribution in [2.24, 2.45) is 0 Å². The Bertz CT molecular complexity index is 847. The molecule has 1 aromatic carbocycles. The molecule has 0 saturated carbocycles. The highest BCUT2D eigenvalue weighted by molar-refractivity contribution is 7.89. The minimum atomic E-state index is -3.73. The number of Topliss-reactive ketones (excluding diaryl/α,β-unsaturated/α-hetero) is 1. The quantitative estimate of drug-likeness (QED) is 0.741. The molecule has 0 aliphatic carbocycles. The lowest BCUT2D eigenvalue weighted by Gasteiger charge is -2.19. The minimum Gasteiger partial charge on any atom is -0.497 e. The summed E-state index contributed by atoms with van der Waals surface area (Å²) in [5, 5.41) is 3.62. The number of benzene rings is 1. The number of methoxy groups -OCH3 is 1. The molecule has 0 spiro atoms. The van der Waals surface area contributed by atoms with Crippen molar-refractivity contribution in [2.45, 2.75) is 32.2 Å². The standard InChI is InChI=1S/C16H20N2O5S/c1-10-6-13(22-5)7-11(2)16(10)24(20,21)18(4)9-14-8-15(12(3)19)17-23-14/h6-8H,9H2,1-5H3. The Balaban J connectivity index is 2.34. The van der Waals surface area contributed by atoms with Gasteiger partial charge in [-0.3, -0.25) is 4.79 Å². The van der Waals surface area contributed by atoms with Crippen LogP contribution in [-0.4, -0.2) is 37.8 Å². The lowest BCUT2D eigenvalue weighted by atomic mass is 10.1. The number of aromatic nitrogens is 1. The van der Waals surface area contributed by atoms with E-state index in [4.69, 9.17) is 9.26 Å². The number of ether oxygens (including phenoxy) is 1. The smallest absolute Gasteiger partial charge is 0.243 e. The molecule has 2 aromatic rings. The molecule has 0 saturated heterocycles. The predicted octanol–water partition coefficient (Wildman–Crippen LogP) is 2.32. The third-order valence-electron chi connectivity index (χ3n) is 3.64. The Morgan fingerprint density at radius 3 is 2.29 bits per heavy atom. The second-order valence-electron chi connectivity index (χ2n) is 5.59. The summed E-state index contributed by atoms with van der Waals surface area (Å²) in [6, 6.07) is 4.80. The first-order valence-corrected chi connectivity index (χ1v) is 8.69. The van der Waals surface area contributed by atoms with Gasteiger partial charge >= 0.3 is 0 Å². The third-order valence-corrected chi connectivity index (χ3v) is 5.75. The zero-order chi connectivity index (χ0) is 18.1. The molecule has 1 heterocycles. The van der Waals surface area contributed by atoms with E-state index < -0.39 is 10.0 Å². The Morgan fingerprint density at radius 1 is 1.25 bits per heavy atom. The van der Waals surface area contributed by atoms with Crippen molar-refractivity contribution in [1.29, 1.82) is 0 Å². The Labute approximate surface area is 141 Å². The van der Waals surface area contributed by atoms with Gasteiger partial charge in [0.05, 0.1) is 18.6 Å². The van der Waals surface area contributed by atoms with Gasteiger partial charge in [0.15, 0.2) is 11.5 Å². The molecular weight excluding hydrogens is 332 g/mol. The second-order valence-corrected chi connectivity index (χ2v) is 7.57. The third kappa shape index (κ3) is 3.49. The van der Waals surface area contributed by atoms with E-state index in [9.17, 15) is 13.2 Å². The molecule has 24 heavy (non-hydrogen) atoms. The van der Waals surface area contributed by atoms with E-state index in [0.717, 1.165) is 0 Å². The van der Waals surface area contributed by atoms with E-state index in [0.29, 0.717) is 22.6 Å². The summed E-state index contributed by atoms with van der Waals surface area (Å²) in [5.74, 6) is 0.667. The first-order valence-electron chi connectivity index (χ1n) is 7.25. The molecule has 1 aromatic heterocycles. The van der Waals surface area contributed by atoms with Crippen LogP contribution in [0.1, 0.15) is 34.3 Å². The summed E-state index contributed by atoms with van der Waals surface area (Å²) in [6.07, 6.45) is 0. The summed E-state index contributed by atoms with van der Waals surface area (Å²) in [4.78, 5) is 11.5. The van der Waals surface area contributed by atoms with E-state index in [2.05, 4.69) is 5.16 Å². The van der Waals surface area contributed by atoms with Crippen molar-refractivity contribution in [3.05, 3.63) is 40.8 Å². The van der Waals surface area contributed by atoms with Gasteiger partial charge < -0.3 is 9.26 Å². The van der Waals surface area contributed by atoms with Crippen molar-refractivity contribution in [3.8, 4) is 5.75 Å². The van der Waals surface area contributed by atoms with Gasteiger partial charge in [-0.2, -0.15) is 4.31 Å².